The van der Waals surface area contributed by atoms with Gasteiger partial charge >= 0.3 is 0 Å². The van der Waals surface area contributed by atoms with Gasteiger partial charge in [0.1, 0.15) is 0 Å². The van der Waals surface area contributed by atoms with Crippen molar-refractivity contribution in [2.75, 3.05) is 18.8 Å². The van der Waals surface area contributed by atoms with Crippen LogP contribution in [0.5, 0.6) is 0 Å². The van der Waals surface area contributed by atoms with Crippen molar-refractivity contribution >= 4 is 10.0 Å². The van der Waals surface area contributed by atoms with Crippen LogP contribution in [0, 0.1) is 0 Å². The van der Waals surface area contributed by atoms with Crippen molar-refractivity contribution in [2.45, 2.75) is 52.1 Å². The lowest BCUT2D eigenvalue weighted by Crippen LogP contribution is -2.47. The van der Waals surface area contributed by atoms with Crippen LogP contribution < -0.4 is 4.72 Å². The number of nitrogens with one attached hydrogen (secondary N) is 1. The summed E-state index contributed by atoms with van der Waals surface area (Å²) in [6, 6.07) is 0.708. The molecule has 0 aromatic carbocycles. The highest BCUT2D eigenvalue weighted by Crippen LogP contribution is 2.13. The van der Waals surface area contributed by atoms with E-state index in [1.807, 2.05) is 6.92 Å². The summed E-state index contributed by atoms with van der Waals surface area (Å²) in [6.45, 7) is 8.25. The minimum atomic E-state index is -3.04. The first-order chi connectivity index (χ1) is 7.44. The second kappa shape index (κ2) is 5.98. The zero-order valence-electron chi connectivity index (χ0n) is 10.6. The first-order valence-corrected chi connectivity index (χ1v) is 7.84. The zero-order valence-corrected chi connectivity index (χ0v) is 11.4. The minimum Gasteiger partial charge on any atom is -0.301 e. The van der Waals surface area contributed by atoms with E-state index in [4.69, 9.17) is 0 Å². The summed E-state index contributed by atoms with van der Waals surface area (Å²) < 4.78 is 26.0. The first kappa shape index (κ1) is 13.9. The Morgan fingerprint density at radius 2 is 1.88 bits per heavy atom. The molecule has 0 radical (unpaired) electrons. The number of likely N-dealkylation sites (tertiary alicyclic amines) is 1. The predicted octanol–water partition coefficient (Wildman–Crippen LogP) is 1.19. The molecule has 0 aromatic rings. The summed E-state index contributed by atoms with van der Waals surface area (Å²) in [5.41, 5.74) is 0. The van der Waals surface area contributed by atoms with Gasteiger partial charge in [0.2, 0.25) is 10.0 Å². The fraction of sp³-hybridized carbons (Fsp3) is 1.00. The summed E-state index contributed by atoms with van der Waals surface area (Å²) >= 11 is 0. The van der Waals surface area contributed by atoms with E-state index in [-0.39, 0.29) is 11.8 Å². The van der Waals surface area contributed by atoms with E-state index in [9.17, 15) is 8.42 Å². The Balaban J connectivity index is 2.37. The van der Waals surface area contributed by atoms with Crippen molar-refractivity contribution < 1.29 is 8.42 Å². The van der Waals surface area contributed by atoms with E-state index >= 15 is 0 Å². The topological polar surface area (TPSA) is 49.4 Å². The molecule has 1 fully saturated rings. The number of hydrogen-bond acceptors (Lipinski definition) is 3. The SMILES string of the molecule is CCCS(=O)(=O)NC1CCN(C(C)C)CC1. The molecule has 4 nitrogen and oxygen atoms in total. The molecule has 5 heteroatoms. The molecule has 0 unspecified atom stereocenters. The maximum absolute atomic E-state index is 11.6. The maximum Gasteiger partial charge on any atom is 0.211 e. The highest BCUT2D eigenvalue weighted by molar-refractivity contribution is 7.89. The Hall–Kier alpha value is -0.130. The average Bonchev–Trinajstić information content (AvgIpc) is 2.17. The molecule has 0 saturated carbocycles. The maximum atomic E-state index is 11.6. The second-order valence-corrected chi connectivity index (χ2v) is 6.71. The molecule has 16 heavy (non-hydrogen) atoms. The molecule has 1 heterocycles. The fourth-order valence-corrected chi connectivity index (χ4v) is 3.51. The second-order valence-electron chi connectivity index (χ2n) is 4.84. The summed E-state index contributed by atoms with van der Waals surface area (Å²) in [5.74, 6) is 0.247. The lowest BCUT2D eigenvalue weighted by molar-refractivity contribution is 0.168. The average molecular weight is 248 g/mol. The van der Waals surface area contributed by atoms with Crippen LogP contribution in [-0.2, 0) is 10.0 Å². The lowest BCUT2D eigenvalue weighted by Gasteiger charge is -2.34. The molecular weight excluding hydrogens is 224 g/mol. The van der Waals surface area contributed by atoms with Crippen molar-refractivity contribution in [1.29, 1.82) is 0 Å². The molecule has 0 spiro atoms. The van der Waals surface area contributed by atoms with E-state index in [2.05, 4.69) is 23.5 Å². The van der Waals surface area contributed by atoms with Crippen LogP contribution in [0.15, 0.2) is 0 Å². The van der Waals surface area contributed by atoms with E-state index in [0.29, 0.717) is 12.5 Å². The summed E-state index contributed by atoms with van der Waals surface area (Å²) in [5, 5.41) is 0. The summed E-state index contributed by atoms with van der Waals surface area (Å²) in [7, 11) is -3.04. The van der Waals surface area contributed by atoms with Gasteiger partial charge in [-0.15, -0.1) is 0 Å². The van der Waals surface area contributed by atoms with Gasteiger partial charge in [-0.3, -0.25) is 0 Å². The van der Waals surface area contributed by atoms with E-state index < -0.39 is 10.0 Å². The van der Waals surface area contributed by atoms with Gasteiger partial charge in [0, 0.05) is 12.1 Å². The Bertz CT molecular complexity index is 293. The molecule has 1 saturated heterocycles. The molecule has 96 valence electrons. The van der Waals surface area contributed by atoms with Crippen molar-refractivity contribution in [2.24, 2.45) is 0 Å². The number of piperidine rings is 1. The Labute approximate surface area is 99.5 Å². The molecule has 1 rings (SSSR count). The smallest absolute Gasteiger partial charge is 0.211 e. The van der Waals surface area contributed by atoms with E-state index in [1.165, 1.54) is 0 Å². The zero-order chi connectivity index (χ0) is 12.2. The molecule has 1 N–H and O–H groups in total. The van der Waals surface area contributed by atoms with Crippen molar-refractivity contribution in [1.82, 2.24) is 9.62 Å². The van der Waals surface area contributed by atoms with Crippen LogP contribution in [0.4, 0.5) is 0 Å². The van der Waals surface area contributed by atoms with Crippen molar-refractivity contribution in [3.8, 4) is 0 Å². The molecule has 0 bridgehead atoms. The molecule has 0 atom stereocenters. The lowest BCUT2D eigenvalue weighted by atomic mass is 10.1. The molecular formula is C11H24N2O2S. The van der Waals surface area contributed by atoms with Gasteiger partial charge in [-0.2, -0.15) is 0 Å². The van der Waals surface area contributed by atoms with Crippen LogP contribution in [0.25, 0.3) is 0 Å². The summed E-state index contributed by atoms with van der Waals surface area (Å²) in [4.78, 5) is 2.39. The van der Waals surface area contributed by atoms with Crippen LogP contribution in [-0.4, -0.2) is 44.2 Å². The highest BCUT2D eigenvalue weighted by Gasteiger charge is 2.23. The third kappa shape index (κ3) is 4.39. The molecule has 0 aliphatic carbocycles. The summed E-state index contributed by atoms with van der Waals surface area (Å²) in [6.07, 6.45) is 2.54. The largest absolute Gasteiger partial charge is 0.301 e. The van der Waals surface area contributed by atoms with Crippen LogP contribution >= 0.6 is 0 Å². The Kier molecular flexibility index (Phi) is 5.21. The quantitative estimate of drug-likeness (QED) is 0.795. The van der Waals surface area contributed by atoms with Gasteiger partial charge in [0.25, 0.3) is 0 Å². The number of rotatable bonds is 5. The van der Waals surface area contributed by atoms with Gasteiger partial charge in [-0.1, -0.05) is 6.92 Å². The van der Waals surface area contributed by atoms with Gasteiger partial charge in [-0.05, 0) is 46.2 Å². The number of nitrogens with zero attached hydrogens (tertiary/aromatic N) is 1. The molecule has 1 aliphatic rings. The third-order valence-corrected chi connectivity index (χ3v) is 4.72. The van der Waals surface area contributed by atoms with Crippen LogP contribution in [0.3, 0.4) is 0 Å². The Morgan fingerprint density at radius 3 is 2.31 bits per heavy atom. The van der Waals surface area contributed by atoms with Crippen molar-refractivity contribution in [3.63, 3.8) is 0 Å². The standard InChI is InChI=1S/C11H24N2O2S/c1-4-9-16(14,15)12-11-5-7-13(8-6-11)10(2)3/h10-12H,4-9H2,1-3H3. The van der Waals surface area contributed by atoms with Crippen molar-refractivity contribution in [3.05, 3.63) is 0 Å². The predicted molar refractivity (Wildman–Crippen MR) is 66.9 cm³/mol. The fourth-order valence-electron chi connectivity index (χ4n) is 2.12. The van der Waals surface area contributed by atoms with E-state index in [1.54, 1.807) is 0 Å². The molecule has 0 amide bonds. The minimum absolute atomic E-state index is 0.145. The first-order valence-electron chi connectivity index (χ1n) is 6.18. The van der Waals surface area contributed by atoms with Gasteiger partial charge in [0.15, 0.2) is 0 Å². The van der Waals surface area contributed by atoms with Gasteiger partial charge in [0.05, 0.1) is 5.75 Å². The third-order valence-electron chi connectivity index (χ3n) is 3.08. The monoisotopic (exact) mass is 248 g/mol. The van der Waals surface area contributed by atoms with Crippen LogP contribution in [0.2, 0.25) is 0 Å². The highest BCUT2D eigenvalue weighted by atomic mass is 32.2. The van der Waals surface area contributed by atoms with E-state index in [0.717, 1.165) is 25.9 Å². The van der Waals surface area contributed by atoms with Crippen LogP contribution in [0.1, 0.15) is 40.0 Å². The van der Waals surface area contributed by atoms with Gasteiger partial charge in [-0.25, -0.2) is 13.1 Å². The molecule has 1 aliphatic heterocycles. The Morgan fingerprint density at radius 1 is 1.31 bits per heavy atom. The normalized spacial score (nSPS) is 20.5. The number of hydrogen-bond donors (Lipinski definition) is 1. The van der Waals surface area contributed by atoms with Gasteiger partial charge < -0.3 is 4.90 Å². The molecule has 0 aromatic heterocycles. The number of sulfonamides is 1.